The lowest BCUT2D eigenvalue weighted by molar-refractivity contribution is -0.112. The number of anilines is 1. The second-order valence-corrected chi connectivity index (χ2v) is 22.5. The Bertz CT molecular complexity index is 2630. The highest BCUT2D eigenvalue weighted by Crippen LogP contribution is 2.50. The van der Waals surface area contributed by atoms with Crippen LogP contribution < -0.4 is 20.8 Å². The second kappa shape index (κ2) is 22.0. The smallest absolute Gasteiger partial charge is 0.410 e. The number of aliphatic hydroxyl groups is 2. The summed E-state index contributed by atoms with van der Waals surface area (Å²) in [6.07, 6.45) is 10.9. The monoisotopic (exact) mass is 1010 g/mol. The maximum atomic E-state index is 15.0. The van der Waals surface area contributed by atoms with E-state index in [9.17, 15) is 34.8 Å². The third-order valence-corrected chi connectivity index (χ3v) is 16.7. The molecule has 0 aromatic heterocycles. The number of piperazine rings is 1. The number of piperidine rings is 1. The van der Waals surface area contributed by atoms with Gasteiger partial charge in [-0.2, -0.15) is 0 Å². The van der Waals surface area contributed by atoms with Crippen molar-refractivity contribution >= 4 is 34.2 Å². The fraction of sp³-hybridized carbons (Fsp3) is 0.661. The van der Waals surface area contributed by atoms with Gasteiger partial charge in [0.25, 0.3) is 11.7 Å². The molecule has 400 valence electrons. The number of hydrogen-bond acceptors (Lipinski definition) is 15. The normalized spacial score (nSPS) is 32.3. The number of aromatic hydroxyl groups is 2. The zero-order valence-electron chi connectivity index (χ0n) is 44.6. The lowest BCUT2D eigenvalue weighted by atomic mass is 9.78. The van der Waals surface area contributed by atoms with E-state index in [1.165, 1.54) is 52.4 Å². The zero-order valence-corrected chi connectivity index (χ0v) is 44.6. The van der Waals surface area contributed by atoms with Crippen molar-refractivity contribution in [3.05, 3.63) is 58.0 Å². The molecule has 7 aliphatic rings. The molecule has 6 aliphatic heterocycles. The third-order valence-electron chi connectivity index (χ3n) is 16.7. The number of rotatable bonds is 6. The van der Waals surface area contributed by atoms with E-state index in [4.69, 9.17) is 28.9 Å². The van der Waals surface area contributed by atoms with Gasteiger partial charge in [0.1, 0.15) is 28.6 Å². The average Bonchev–Trinajstić information content (AvgIpc) is 3.87. The Morgan fingerprint density at radius 2 is 1.53 bits per heavy atom. The highest BCUT2D eigenvalue weighted by molar-refractivity contribution is 6.19. The molecule has 2 saturated heterocycles. The number of fused-ring (bicyclic) bond motifs is 13. The number of aliphatic hydroxyl groups excluding tert-OH is 2. The molecule has 5 bridgehead atoms. The summed E-state index contributed by atoms with van der Waals surface area (Å²) < 4.78 is 25.1. The van der Waals surface area contributed by atoms with Crippen molar-refractivity contribution in [1.29, 1.82) is 0 Å². The number of benzene rings is 2. The molecule has 9 rings (SSSR count). The fourth-order valence-corrected chi connectivity index (χ4v) is 12.0. The maximum Gasteiger partial charge on any atom is 0.410 e. The summed E-state index contributed by atoms with van der Waals surface area (Å²) in [7, 11) is 1.51. The Morgan fingerprint density at radius 3 is 2.19 bits per heavy atom. The van der Waals surface area contributed by atoms with Crippen LogP contribution in [0, 0.1) is 42.4 Å². The molecule has 17 heteroatoms. The van der Waals surface area contributed by atoms with Crippen LogP contribution in [-0.2, 0) is 19.0 Å². The van der Waals surface area contributed by atoms with E-state index < -0.39 is 83.1 Å². The van der Waals surface area contributed by atoms with Crippen LogP contribution in [0.2, 0.25) is 0 Å². The summed E-state index contributed by atoms with van der Waals surface area (Å²) in [5.74, 6) is -5.29. The summed E-state index contributed by atoms with van der Waals surface area (Å²) in [5.41, 5.74) is -0.559. The minimum atomic E-state index is -1.98. The molecule has 73 heavy (non-hydrogen) atoms. The number of Topliss-reactive ketones (excluding diaryl/α,β-unsaturated/α-hetero) is 1. The standard InChI is InChI=1S/C56H80N6O11/c1-31(2)29-60-22-20-56(21-23-60)58-43-40-41-48(65)37(8)51-42(40)52(67)55(9,73-51)71-28-19-39(70-10)34(5)50(72-54(69)62-26-24-61(25-27-62)30-38-17-12-11-13-18-38)36(7)47(64)35(6)46(63)32(3)15-14-16-33(4)53(68)57-45(49(41)66)44(43)59-56/h14-16,19,28,31-32,34-36,38-39,46-47,50,63-66H,11-13,17-18,20-27,29-30H2,1-10H3,(H,57,68)/b15-14+,28-19+,33-16-/t32-,34+,35+,36+,39-,46-,47+,50+,55-/m0/s1. The Balaban J connectivity index is 1.16. The Morgan fingerprint density at radius 1 is 0.863 bits per heavy atom. The number of carbonyl (C=O) groups excluding carboxylic acids is 3. The van der Waals surface area contributed by atoms with Gasteiger partial charge in [0.15, 0.2) is 11.4 Å². The fourth-order valence-electron chi connectivity index (χ4n) is 12.0. The van der Waals surface area contributed by atoms with Gasteiger partial charge in [-0.05, 0) is 44.6 Å². The summed E-state index contributed by atoms with van der Waals surface area (Å²) in [4.78, 5) is 60.1. The third kappa shape index (κ3) is 10.9. The van der Waals surface area contributed by atoms with Crippen molar-refractivity contribution in [3.8, 4) is 17.2 Å². The first kappa shape index (κ1) is 54.2. The summed E-state index contributed by atoms with van der Waals surface area (Å²) >= 11 is 0. The van der Waals surface area contributed by atoms with Crippen LogP contribution in [0.25, 0.3) is 10.8 Å². The van der Waals surface area contributed by atoms with Crippen molar-refractivity contribution in [1.82, 2.24) is 14.7 Å². The number of hydrogen-bond donors (Lipinski definition) is 5. The molecule has 0 radical (unpaired) electrons. The Labute approximate surface area is 430 Å². The van der Waals surface area contributed by atoms with Crippen molar-refractivity contribution in [2.24, 2.45) is 45.5 Å². The van der Waals surface area contributed by atoms with Gasteiger partial charge in [-0.3, -0.25) is 24.5 Å². The largest absolute Gasteiger partial charge is 0.507 e. The van der Waals surface area contributed by atoms with E-state index in [-0.39, 0.29) is 55.4 Å². The topological polar surface area (TPSA) is 216 Å². The number of likely N-dealkylation sites (tertiary alicyclic amines) is 1. The number of nitrogens with zero attached hydrogens (tertiary/aromatic N) is 5. The van der Waals surface area contributed by atoms with Crippen molar-refractivity contribution in [2.75, 3.05) is 64.8 Å². The molecular formula is C56H80N6O11. The van der Waals surface area contributed by atoms with Gasteiger partial charge < -0.3 is 54.5 Å². The van der Waals surface area contributed by atoms with Crippen LogP contribution in [0.1, 0.15) is 116 Å². The van der Waals surface area contributed by atoms with E-state index in [2.05, 4.69) is 29.0 Å². The number of methoxy groups -OCH3 is 1. The van der Waals surface area contributed by atoms with E-state index >= 15 is 0 Å². The first-order valence-electron chi connectivity index (χ1n) is 26.7. The zero-order chi connectivity index (χ0) is 52.7. The van der Waals surface area contributed by atoms with E-state index in [1.807, 2.05) is 13.8 Å². The number of ketones is 1. The maximum absolute atomic E-state index is 15.0. The summed E-state index contributed by atoms with van der Waals surface area (Å²) in [6, 6.07) is 0. The number of ether oxygens (including phenoxy) is 4. The minimum Gasteiger partial charge on any atom is -0.507 e. The van der Waals surface area contributed by atoms with Gasteiger partial charge in [-0.15, -0.1) is 0 Å². The molecule has 5 N–H and O–H groups in total. The molecule has 2 aromatic carbocycles. The highest BCUT2D eigenvalue weighted by Gasteiger charge is 2.50. The van der Waals surface area contributed by atoms with Gasteiger partial charge in [0.2, 0.25) is 0 Å². The number of allylic oxidation sites excluding steroid dienone is 2. The quantitative estimate of drug-likeness (QED) is 0.195. The summed E-state index contributed by atoms with van der Waals surface area (Å²) in [5, 5.41) is 51.3. The van der Waals surface area contributed by atoms with Crippen LogP contribution in [0.4, 0.5) is 10.5 Å². The van der Waals surface area contributed by atoms with Gasteiger partial charge >= 0.3 is 11.9 Å². The van der Waals surface area contributed by atoms with E-state index in [0.29, 0.717) is 50.9 Å². The lowest BCUT2D eigenvalue weighted by Crippen LogP contribution is -2.52. The molecule has 9 atom stereocenters. The number of amides is 2. The predicted molar refractivity (Wildman–Crippen MR) is 277 cm³/mol. The van der Waals surface area contributed by atoms with Crippen LogP contribution in [0.5, 0.6) is 17.2 Å². The number of nitrogens with one attached hydrogen (secondary N) is 1. The van der Waals surface area contributed by atoms with Crippen molar-refractivity contribution in [3.63, 3.8) is 0 Å². The minimum absolute atomic E-state index is 0.0428. The summed E-state index contributed by atoms with van der Waals surface area (Å²) in [6.45, 7) is 22.0. The van der Waals surface area contributed by atoms with E-state index in [0.717, 1.165) is 26.2 Å². The van der Waals surface area contributed by atoms with Gasteiger partial charge in [0, 0.05) is 119 Å². The van der Waals surface area contributed by atoms with Gasteiger partial charge in [-0.25, -0.2) is 4.79 Å². The molecule has 1 spiro atoms. The lowest BCUT2D eigenvalue weighted by Gasteiger charge is -2.40. The number of phenolic OH excluding ortho intramolecular Hbond substituents is 2. The van der Waals surface area contributed by atoms with Crippen LogP contribution in [-0.4, -0.2) is 148 Å². The number of carbonyl (C=O) groups is 3. The first-order valence-corrected chi connectivity index (χ1v) is 26.7. The van der Waals surface area contributed by atoms with Gasteiger partial charge in [-0.1, -0.05) is 79.0 Å². The van der Waals surface area contributed by atoms with Crippen LogP contribution in [0.3, 0.4) is 0 Å². The predicted octanol–water partition coefficient (Wildman–Crippen LogP) is 6.52. The number of phenols is 2. The Hall–Kier alpha value is -5.07. The molecule has 3 fully saturated rings. The molecule has 1 saturated carbocycles. The molecule has 17 nitrogen and oxygen atoms in total. The molecule has 6 heterocycles. The molecule has 1 aliphatic carbocycles. The van der Waals surface area contributed by atoms with Crippen molar-refractivity contribution < 1.29 is 53.8 Å². The SMILES string of the molecule is CO[C@H]1/C=C/O[C@@]2(C)Oc3c(C)c(O)c4c(O)c(c5c(c4c3C2=O)=NC2(CCN(CC(C)C)CC2)N=5)NC(=O)/C(C)=C\C=C\[C@H](C)[C@H](O)[C@@H](C)[C@@H](O)[C@@H](C)[C@H](OC(=O)N2CCN(CC3CCCCC3)CC2)[C@@H]1C. The molecule has 0 unspecified atom stereocenters. The van der Waals surface area contributed by atoms with Gasteiger partial charge in [0.05, 0.1) is 40.9 Å². The first-order chi connectivity index (χ1) is 34.7. The molecular weight excluding hydrogens is 933 g/mol. The average molecular weight is 1010 g/mol. The molecule has 2 aromatic rings. The van der Waals surface area contributed by atoms with Crippen LogP contribution >= 0.6 is 0 Å². The molecule has 2 amide bonds. The van der Waals surface area contributed by atoms with E-state index in [1.54, 1.807) is 56.9 Å². The van der Waals surface area contributed by atoms with Crippen LogP contribution in [0.15, 0.2) is 46.1 Å². The second-order valence-electron chi connectivity index (χ2n) is 22.5. The van der Waals surface area contributed by atoms with Crippen molar-refractivity contribution in [2.45, 2.75) is 143 Å². The highest BCUT2D eigenvalue weighted by atomic mass is 16.7. The Kier molecular flexibility index (Phi) is 16.4.